The summed E-state index contributed by atoms with van der Waals surface area (Å²) < 4.78 is 5.68. The summed E-state index contributed by atoms with van der Waals surface area (Å²) in [5.41, 5.74) is 1.21. The van der Waals surface area contributed by atoms with Crippen LogP contribution in [0.3, 0.4) is 0 Å². The van der Waals surface area contributed by atoms with E-state index in [4.69, 9.17) is 0 Å². The summed E-state index contributed by atoms with van der Waals surface area (Å²) in [5, 5.41) is 11.2. The highest BCUT2D eigenvalue weighted by atomic mass is 32.1. The van der Waals surface area contributed by atoms with Gasteiger partial charge in [-0.15, -0.1) is 5.10 Å². The third-order valence-corrected chi connectivity index (χ3v) is 3.05. The molecule has 15 heavy (non-hydrogen) atoms. The lowest BCUT2D eigenvalue weighted by Gasteiger charge is -2.11. The Balaban J connectivity index is 2.09. The number of rotatable bonds is 4. The van der Waals surface area contributed by atoms with Crippen LogP contribution in [-0.4, -0.2) is 26.4 Å². The molecule has 2 aromatic rings. The van der Waals surface area contributed by atoms with Crippen LogP contribution in [0.4, 0.5) is 0 Å². The molecule has 0 spiro atoms. The molecule has 0 saturated carbocycles. The smallest absolute Gasteiger partial charge is 0.0669 e. The van der Waals surface area contributed by atoms with Crippen molar-refractivity contribution in [2.24, 2.45) is 7.05 Å². The fourth-order valence-electron chi connectivity index (χ4n) is 1.49. The van der Waals surface area contributed by atoms with Gasteiger partial charge in [0.1, 0.15) is 0 Å². The van der Waals surface area contributed by atoms with Crippen molar-refractivity contribution < 1.29 is 0 Å². The predicted molar refractivity (Wildman–Crippen MR) is 58.6 cm³/mol. The molecule has 2 rings (SSSR count). The normalized spacial score (nSPS) is 12.9. The van der Waals surface area contributed by atoms with Crippen LogP contribution in [0.1, 0.15) is 16.5 Å². The van der Waals surface area contributed by atoms with Gasteiger partial charge in [-0.2, -0.15) is 5.10 Å². The molecule has 0 aliphatic carbocycles. The molecule has 6 heteroatoms. The van der Waals surface area contributed by atoms with Crippen LogP contribution in [-0.2, 0) is 13.5 Å². The average Bonchev–Trinajstić information content (AvgIpc) is 2.85. The first-order valence-electron chi connectivity index (χ1n) is 4.71. The maximum Gasteiger partial charge on any atom is 0.0669 e. The molecule has 1 unspecified atom stereocenters. The molecule has 0 amide bonds. The molecule has 80 valence electrons. The number of nitrogens with one attached hydrogen (secondary N) is 1. The highest BCUT2D eigenvalue weighted by molar-refractivity contribution is 7.05. The van der Waals surface area contributed by atoms with Gasteiger partial charge in [0.2, 0.25) is 0 Å². The zero-order valence-corrected chi connectivity index (χ0v) is 9.53. The summed E-state index contributed by atoms with van der Waals surface area (Å²) in [4.78, 5) is 1.15. The van der Waals surface area contributed by atoms with E-state index in [1.54, 1.807) is 0 Å². The minimum Gasteiger partial charge on any atom is -0.312 e. The van der Waals surface area contributed by atoms with Gasteiger partial charge in [0, 0.05) is 19.3 Å². The van der Waals surface area contributed by atoms with Crippen LogP contribution in [0.25, 0.3) is 0 Å². The van der Waals surface area contributed by atoms with Crippen molar-refractivity contribution in [3.05, 3.63) is 29.0 Å². The van der Waals surface area contributed by atoms with Gasteiger partial charge in [-0.25, -0.2) is 0 Å². The fourth-order valence-corrected chi connectivity index (χ4v) is 2.10. The monoisotopic (exact) mass is 223 g/mol. The summed E-state index contributed by atoms with van der Waals surface area (Å²) >= 11 is 1.43. The largest absolute Gasteiger partial charge is 0.312 e. The van der Waals surface area contributed by atoms with Gasteiger partial charge < -0.3 is 5.32 Å². The number of aromatic nitrogens is 4. The highest BCUT2D eigenvalue weighted by Gasteiger charge is 2.13. The molecular formula is C9H13N5S. The zero-order valence-electron chi connectivity index (χ0n) is 8.71. The first-order chi connectivity index (χ1) is 7.29. The van der Waals surface area contributed by atoms with E-state index in [1.807, 2.05) is 37.4 Å². The second kappa shape index (κ2) is 4.50. The lowest BCUT2D eigenvalue weighted by atomic mass is 10.1. The molecule has 0 aliphatic rings. The molecule has 0 radical (unpaired) electrons. The Labute approximate surface area is 92.3 Å². The molecule has 0 saturated heterocycles. The van der Waals surface area contributed by atoms with Gasteiger partial charge >= 0.3 is 0 Å². The van der Waals surface area contributed by atoms with E-state index in [2.05, 4.69) is 20.0 Å². The topological polar surface area (TPSA) is 55.6 Å². The molecule has 0 aromatic carbocycles. The molecule has 0 bridgehead atoms. The van der Waals surface area contributed by atoms with E-state index in [9.17, 15) is 0 Å². The van der Waals surface area contributed by atoms with Crippen molar-refractivity contribution >= 4 is 11.5 Å². The number of aryl methyl sites for hydroxylation is 1. The van der Waals surface area contributed by atoms with Crippen LogP contribution in [0.2, 0.25) is 0 Å². The molecule has 1 N–H and O–H groups in total. The van der Waals surface area contributed by atoms with Crippen LogP contribution >= 0.6 is 11.5 Å². The van der Waals surface area contributed by atoms with Crippen molar-refractivity contribution in [1.29, 1.82) is 0 Å². The van der Waals surface area contributed by atoms with Crippen molar-refractivity contribution in [2.75, 3.05) is 7.05 Å². The molecule has 0 fully saturated rings. The number of hydrogen-bond acceptors (Lipinski definition) is 5. The van der Waals surface area contributed by atoms with E-state index < -0.39 is 0 Å². The van der Waals surface area contributed by atoms with Crippen molar-refractivity contribution in [1.82, 2.24) is 24.7 Å². The molecule has 0 aliphatic heterocycles. The Morgan fingerprint density at radius 2 is 2.40 bits per heavy atom. The van der Waals surface area contributed by atoms with Gasteiger partial charge in [-0.3, -0.25) is 4.68 Å². The Bertz CT molecular complexity index is 408. The van der Waals surface area contributed by atoms with Crippen LogP contribution in [0, 0.1) is 0 Å². The van der Waals surface area contributed by atoms with E-state index in [0.29, 0.717) is 0 Å². The summed E-state index contributed by atoms with van der Waals surface area (Å²) in [6.07, 6.45) is 6.63. The maximum atomic E-state index is 4.15. The van der Waals surface area contributed by atoms with Crippen LogP contribution in [0.5, 0.6) is 0 Å². The molecule has 1 atom stereocenters. The van der Waals surface area contributed by atoms with Crippen molar-refractivity contribution in [3.63, 3.8) is 0 Å². The van der Waals surface area contributed by atoms with Crippen LogP contribution in [0.15, 0.2) is 18.6 Å². The van der Waals surface area contributed by atoms with Crippen molar-refractivity contribution in [3.8, 4) is 0 Å². The van der Waals surface area contributed by atoms with Gasteiger partial charge in [0.25, 0.3) is 0 Å². The predicted octanol–water partition coefficient (Wildman–Crippen LogP) is 0.775. The number of nitrogens with zero attached hydrogens (tertiary/aromatic N) is 4. The Morgan fingerprint density at radius 3 is 2.93 bits per heavy atom. The Kier molecular flexibility index (Phi) is 3.08. The number of likely N-dealkylation sites (N-methyl/N-ethyl adjacent to an activating group) is 1. The molecular weight excluding hydrogens is 210 g/mol. The van der Waals surface area contributed by atoms with E-state index in [-0.39, 0.29) is 6.04 Å². The van der Waals surface area contributed by atoms with Crippen LogP contribution < -0.4 is 5.32 Å². The molecule has 2 aromatic heterocycles. The third kappa shape index (κ3) is 2.40. The highest BCUT2D eigenvalue weighted by Crippen LogP contribution is 2.19. The van der Waals surface area contributed by atoms with Crippen molar-refractivity contribution in [2.45, 2.75) is 12.5 Å². The Hall–Kier alpha value is -1.27. The fraction of sp³-hybridized carbons (Fsp3) is 0.444. The molecule has 5 nitrogen and oxygen atoms in total. The van der Waals surface area contributed by atoms with Gasteiger partial charge in [0.15, 0.2) is 0 Å². The Morgan fingerprint density at radius 1 is 1.53 bits per heavy atom. The zero-order chi connectivity index (χ0) is 10.7. The minimum absolute atomic E-state index is 0.272. The number of hydrogen-bond donors (Lipinski definition) is 1. The first kappa shape index (κ1) is 10.3. The average molecular weight is 223 g/mol. The summed E-state index contributed by atoms with van der Waals surface area (Å²) in [6, 6.07) is 0.272. The first-order valence-corrected chi connectivity index (χ1v) is 5.49. The lowest BCUT2D eigenvalue weighted by Crippen LogP contribution is -2.17. The van der Waals surface area contributed by atoms with E-state index in [0.717, 1.165) is 11.3 Å². The van der Waals surface area contributed by atoms with Gasteiger partial charge in [-0.05, 0) is 30.6 Å². The lowest BCUT2D eigenvalue weighted by molar-refractivity contribution is 0.600. The third-order valence-electron chi connectivity index (χ3n) is 2.27. The van der Waals surface area contributed by atoms with E-state index in [1.165, 1.54) is 17.1 Å². The summed E-state index contributed by atoms with van der Waals surface area (Å²) in [7, 11) is 3.87. The quantitative estimate of drug-likeness (QED) is 0.832. The summed E-state index contributed by atoms with van der Waals surface area (Å²) in [6.45, 7) is 0. The van der Waals surface area contributed by atoms with E-state index >= 15 is 0 Å². The maximum absolute atomic E-state index is 4.15. The second-order valence-electron chi connectivity index (χ2n) is 3.39. The SMILES string of the molecule is CNC(Cc1cnn(C)c1)c1cnns1. The standard InChI is InChI=1S/C9H13N5S/c1-10-8(9-5-11-13-15-9)3-7-4-12-14(2)6-7/h4-6,8,10H,3H2,1-2H3. The van der Waals surface area contributed by atoms with Gasteiger partial charge in [-0.1, -0.05) is 4.49 Å². The molecule has 2 heterocycles. The second-order valence-corrected chi connectivity index (χ2v) is 4.20. The minimum atomic E-state index is 0.272. The summed E-state index contributed by atoms with van der Waals surface area (Å²) in [5.74, 6) is 0. The van der Waals surface area contributed by atoms with Gasteiger partial charge in [0.05, 0.1) is 17.3 Å².